The lowest BCUT2D eigenvalue weighted by Crippen LogP contribution is -2.34. The van der Waals surface area contributed by atoms with E-state index >= 15 is 0 Å². The Balaban J connectivity index is 1.78. The van der Waals surface area contributed by atoms with Crippen LogP contribution >= 0.6 is 34.2 Å². The molecule has 0 unspecified atom stereocenters. The molecule has 1 saturated heterocycles. The Bertz CT molecular complexity index is 1070. The van der Waals surface area contributed by atoms with E-state index in [1.165, 1.54) is 35.2 Å². The molecule has 4 nitrogen and oxygen atoms in total. The summed E-state index contributed by atoms with van der Waals surface area (Å²) in [4.78, 5) is 7.52. The van der Waals surface area contributed by atoms with Crippen LogP contribution in [0, 0.1) is 30.3 Å². The first-order chi connectivity index (χ1) is 14.4. The number of aromatic nitrogens is 2. The largest absolute Gasteiger partial charge is 0.396 e. The van der Waals surface area contributed by atoms with Gasteiger partial charge in [0, 0.05) is 50.8 Å². The zero-order chi connectivity index (χ0) is 21.4. The zero-order valence-corrected chi connectivity index (χ0v) is 20.8. The molecule has 1 aliphatic heterocycles. The van der Waals surface area contributed by atoms with Crippen LogP contribution in [0.25, 0.3) is 16.7 Å². The van der Waals surface area contributed by atoms with Crippen LogP contribution in [0.1, 0.15) is 42.6 Å². The topological polar surface area (TPSA) is 41.3 Å². The minimum Gasteiger partial charge on any atom is -0.396 e. The molecule has 0 bridgehead atoms. The van der Waals surface area contributed by atoms with Crippen molar-refractivity contribution in [2.75, 3.05) is 24.6 Å². The third-order valence-electron chi connectivity index (χ3n) is 6.45. The maximum absolute atomic E-state index is 9.14. The second kappa shape index (κ2) is 9.05. The lowest BCUT2D eigenvalue weighted by molar-refractivity contribution is 0.261. The second-order valence-electron chi connectivity index (χ2n) is 8.42. The molecule has 0 amide bonds. The number of fused-ring (bicyclic) bond motifs is 1. The van der Waals surface area contributed by atoms with Gasteiger partial charge in [-0.2, -0.15) is 0 Å². The number of hydrogen-bond donors (Lipinski definition) is 1. The van der Waals surface area contributed by atoms with Gasteiger partial charge in [0.2, 0.25) is 0 Å². The van der Waals surface area contributed by atoms with Crippen molar-refractivity contribution in [1.29, 1.82) is 0 Å². The van der Waals surface area contributed by atoms with Gasteiger partial charge >= 0.3 is 0 Å². The highest BCUT2D eigenvalue weighted by Crippen LogP contribution is 2.38. The highest BCUT2D eigenvalue weighted by molar-refractivity contribution is 14.1. The number of anilines is 1. The summed E-state index contributed by atoms with van der Waals surface area (Å²) in [6.07, 6.45) is 4.44. The van der Waals surface area contributed by atoms with Crippen LogP contribution in [0.3, 0.4) is 0 Å². The van der Waals surface area contributed by atoms with E-state index in [2.05, 4.69) is 65.0 Å². The molecule has 0 spiro atoms. The van der Waals surface area contributed by atoms with E-state index in [-0.39, 0.29) is 0 Å². The monoisotopic (exact) mass is 537 g/mol. The number of pyridine rings is 1. The summed E-state index contributed by atoms with van der Waals surface area (Å²) in [6.45, 7) is 8.92. The van der Waals surface area contributed by atoms with Gasteiger partial charge in [-0.1, -0.05) is 11.6 Å². The van der Waals surface area contributed by atoms with E-state index < -0.39 is 0 Å². The van der Waals surface area contributed by atoms with Crippen molar-refractivity contribution >= 4 is 50.9 Å². The number of nitrogens with zero attached hydrogens (tertiary/aromatic N) is 3. The Hall–Kier alpha value is -1.31. The lowest BCUT2D eigenvalue weighted by atomic mass is 9.92. The predicted octanol–water partition coefficient (Wildman–Crippen LogP) is 6.20. The van der Waals surface area contributed by atoms with E-state index in [0.29, 0.717) is 6.61 Å². The van der Waals surface area contributed by atoms with Gasteiger partial charge in [-0.25, -0.2) is 4.98 Å². The molecular formula is C24H29ClIN3O. The summed E-state index contributed by atoms with van der Waals surface area (Å²) in [5, 5.41) is 11.2. The molecule has 3 heterocycles. The minimum absolute atomic E-state index is 0.305. The van der Waals surface area contributed by atoms with Gasteiger partial charge in [-0.3, -0.25) is 4.57 Å². The Kier molecular flexibility index (Phi) is 6.61. The summed E-state index contributed by atoms with van der Waals surface area (Å²) in [6, 6.07) is 8.30. The summed E-state index contributed by atoms with van der Waals surface area (Å²) < 4.78 is 3.41. The molecule has 0 atom stereocenters. The second-order valence-corrected chi connectivity index (χ2v) is 10.0. The number of rotatable bonds is 5. The predicted molar refractivity (Wildman–Crippen MR) is 134 cm³/mol. The Labute approximate surface area is 197 Å². The van der Waals surface area contributed by atoms with Crippen molar-refractivity contribution in [2.45, 2.75) is 46.5 Å². The van der Waals surface area contributed by atoms with E-state index in [0.717, 1.165) is 57.5 Å². The van der Waals surface area contributed by atoms with Crippen molar-refractivity contribution in [3.8, 4) is 5.69 Å². The van der Waals surface area contributed by atoms with Gasteiger partial charge in [-0.15, -0.1) is 0 Å². The van der Waals surface area contributed by atoms with Crippen LogP contribution in [-0.4, -0.2) is 34.4 Å². The van der Waals surface area contributed by atoms with Crippen LogP contribution in [0.5, 0.6) is 0 Å². The average Bonchev–Trinajstić information content (AvgIpc) is 2.97. The maximum Gasteiger partial charge on any atom is 0.147 e. The highest BCUT2D eigenvalue weighted by atomic mass is 127. The fourth-order valence-electron chi connectivity index (χ4n) is 4.72. The fourth-order valence-corrected chi connectivity index (χ4v) is 5.83. The molecule has 1 aliphatic rings. The Morgan fingerprint density at radius 3 is 2.53 bits per heavy atom. The first kappa shape index (κ1) is 21.9. The van der Waals surface area contributed by atoms with Crippen LogP contribution in [0.15, 0.2) is 24.3 Å². The number of benzene rings is 1. The van der Waals surface area contributed by atoms with Crippen molar-refractivity contribution in [1.82, 2.24) is 9.55 Å². The maximum atomic E-state index is 9.14. The average molecular weight is 538 g/mol. The Morgan fingerprint density at radius 1 is 1.13 bits per heavy atom. The standard InChI is InChI=1S/C24H29ClIN3O/c1-15-13-22(28-10-8-18(9-11-28)5-4-12-30)23-16(2)17(3)29(24(23)27-15)21-7-6-19(25)14-20(21)26/h6-7,13-14,18,30H,4-5,8-12H2,1-3H3. The number of aliphatic hydroxyl groups is 1. The third-order valence-corrected chi connectivity index (χ3v) is 7.55. The van der Waals surface area contributed by atoms with Crippen molar-refractivity contribution in [3.63, 3.8) is 0 Å². The molecule has 6 heteroatoms. The van der Waals surface area contributed by atoms with Gasteiger partial charge in [0.1, 0.15) is 5.65 Å². The fraction of sp³-hybridized carbons (Fsp3) is 0.458. The molecular weight excluding hydrogens is 509 g/mol. The first-order valence-electron chi connectivity index (χ1n) is 10.7. The molecule has 160 valence electrons. The SMILES string of the molecule is Cc1cc(N2CCC(CCCO)CC2)c2c(C)c(C)n(-c3ccc(Cl)cc3I)c2n1. The molecule has 2 aromatic heterocycles. The van der Waals surface area contributed by atoms with Crippen LogP contribution in [-0.2, 0) is 0 Å². The van der Waals surface area contributed by atoms with Gasteiger partial charge in [0.15, 0.2) is 0 Å². The summed E-state index contributed by atoms with van der Waals surface area (Å²) in [7, 11) is 0. The van der Waals surface area contributed by atoms with E-state index in [9.17, 15) is 0 Å². The summed E-state index contributed by atoms with van der Waals surface area (Å²) >= 11 is 8.57. The molecule has 0 radical (unpaired) electrons. The summed E-state index contributed by atoms with van der Waals surface area (Å²) in [5.74, 6) is 0.731. The molecule has 1 N–H and O–H groups in total. The number of halogens is 2. The number of hydrogen-bond acceptors (Lipinski definition) is 3. The first-order valence-corrected chi connectivity index (χ1v) is 12.2. The zero-order valence-electron chi connectivity index (χ0n) is 17.9. The molecule has 0 saturated carbocycles. The molecule has 1 aromatic carbocycles. The summed E-state index contributed by atoms with van der Waals surface area (Å²) in [5.41, 5.74) is 7.03. The van der Waals surface area contributed by atoms with Crippen LogP contribution in [0.2, 0.25) is 5.02 Å². The van der Waals surface area contributed by atoms with Crippen molar-refractivity contribution in [3.05, 3.63) is 49.8 Å². The number of aryl methyl sites for hydroxylation is 2. The third kappa shape index (κ3) is 4.08. The van der Waals surface area contributed by atoms with Gasteiger partial charge < -0.3 is 10.0 Å². The van der Waals surface area contributed by atoms with E-state index in [1.807, 2.05) is 12.1 Å². The van der Waals surface area contributed by atoms with Gasteiger partial charge in [0.05, 0.1) is 5.69 Å². The molecule has 4 rings (SSSR count). The van der Waals surface area contributed by atoms with Gasteiger partial charge in [-0.05, 0) is 105 Å². The minimum atomic E-state index is 0.305. The quantitative estimate of drug-likeness (QED) is 0.394. The molecule has 1 fully saturated rings. The van der Waals surface area contributed by atoms with Crippen molar-refractivity contribution < 1.29 is 5.11 Å². The van der Waals surface area contributed by atoms with Crippen LogP contribution in [0.4, 0.5) is 5.69 Å². The molecule has 3 aromatic rings. The Morgan fingerprint density at radius 2 is 1.87 bits per heavy atom. The number of piperidine rings is 1. The highest BCUT2D eigenvalue weighted by Gasteiger charge is 2.25. The van der Waals surface area contributed by atoms with Gasteiger partial charge in [0.25, 0.3) is 0 Å². The van der Waals surface area contributed by atoms with E-state index in [1.54, 1.807) is 0 Å². The smallest absolute Gasteiger partial charge is 0.147 e. The molecule has 0 aliphatic carbocycles. The molecule has 30 heavy (non-hydrogen) atoms. The van der Waals surface area contributed by atoms with Crippen LogP contribution < -0.4 is 4.90 Å². The normalized spacial score (nSPS) is 15.3. The lowest BCUT2D eigenvalue weighted by Gasteiger charge is -2.34. The number of aliphatic hydroxyl groups excluding tert-OH is 1. The van der Waals surface area contributed by atoms with Crippen molar-refractivity contribution in [2.24, 2.45) is 5.92 Å². The van der Waals surface area contributed by atoms with E-state index in [4.69, 9.17) is 21.7 Å².